The van der Waals surface area contributed by atoms with Gasteiger partial charge in [0.15, 0.2) is 0 Å². The third kappa shape index (κ3) is 4.45. The average Bonchev–Trinajstić information content (AvgIpc) is 3.39. The lowest BCUT2D eigenvalue weighted by Crippen LogP contribution is -2.30. The van der Waals surface area contributed by atoms with Crippen LogP contribution in [0.2, 0.25) is 0 Å². The Balaban J connectivity index is 1.79. The molecule has 0 aromatic heterocycles. The molecule has 0 radical (unpaired) electrons. The Morgan fingerprint density at radius 2 is 0.651 bits per heavy atom. The summed E-state index contributed by atoms with van der Waals surface area (Å²) >= 11 is 0. The van der Waals surface area contributed by atoms with Gasteiger partial charge in [-0.1, -0.05) is 146 Å². The van der Waals surface area contributed by atoms with Gasteiger partial charge in [-0.05, 0) is 79.9 Å². The van der Waals surface area contributed by atoms with Gasteiger partial charge in [-0.2, -0.15) is 0 Å². The third-order valence-electron chi connectivity index (χ3n) is 8.31. The lowest BCUT2D eigenvalue weighted by molar-refractivity contribution is 0.473. The van der Waals surface area contributed by atoms with E-state index in [-0.39, 0.29) is 11.5 Å². The van der Waals surface area contributed by atoms with Gasteiger partial charge in [0.05, 0.1) is 5.41 Å². The second-order valence-electron chi connectivity index (χ2n) is 10.8. The fourth-order valence-electron chi connectivity index (χ4n) is 6.69. The third-order valence-corrected chi connectivity index (χ3v) is 8.31. The predicted molar refractivity (Wildman–Crippen MR) is 176 cm³/mol. The van der Waals surface area contributed by atoms with E-state index in [0.29, 0.717) is 0 Å². The fourth-order valence-corrected chi connectivity index (χ4v) is 6.69. The molecule has 0 aliphatic heterocycles. The molecule has 0 spiro atoms. The number of allylic oxidation sites excluding steroid dienone is 4. The monoisotopic (exact) mass is 554 g/mol. The topological polar surface area (TPSA) is 40.5 Å². The van der Waals surface area contributed by atoms with Crippen LogP contribution in [0, 0.1) is 0 Å². The van der Waals surface area contributed by atoms with E-state index in [0.717, 1.165) is 55.7 Å². The zero-order valence-corrected chi connectivity index (χ0v) is 23.6. The van der Waals surface area contributed by atoms with Crippen molar-refractivity contribution in [3.05, 3.63) is 203 Å². The number of hydrogen-bond donors (Lipinski definition) is 2. The van der Waals surface area contributed by atoms with Gasteiger partial charge in [0, 0.05) is 0 Å². The van der Waals surface area contributed by atoms with Gasteiger partial charge in [0.25, 0.3) is 0 Å². The van der Waals surface area contributed by atoms with E-state index in [1.807, 2.05) is 48.5 Å². The molecule has 1 aliphatic carbocycles. The Labute approximate surface area is 252 Å². The first kappa shape index (κ1) is 26.3. The maximum absolute atomic E-state index is 11.0. The molecule has 0 atom stereocenters. The van der Waals surface area contributed by atoms with E-state index >= 15 is 0 Å². The molecule has 0 amide bonds. The molecule has 7 rings (SSSR count). The maximum atomic E-state index is 11.0. The Morgan fingerprint density at radius 1 is 0.326 bits per heavy atom. The van der Waals surface area contributed by atoms with Crippen molar-refractivity contribution in [1.29, 1.82) is 0 Å². The van der Waals surface area contributed by atoms with Crippen molar-refractivity contribution in [2.75, 3.05) is 0 Å². The number of phenolic OH excluding ortho intramolecular Hbond substituents is 2. The predicted octanol–water partition coefficient (Wildman–Crippen LogP) is 9.62. The van der Waals surface area contributed by atoms with Crippen LogP contribution < -0.4 is 0 Å². The highest BCUT2D eigenvalue weighted by Gasteiger charge is 2.51. The fraction of sp³-hybridized carbons (Fsp3) is 0.0244. The molecule has 0 saturated carbocycles. The van der Waals surface area contributed by atoms with E-state index in [9.17, 15) is 10.2 Å². The van der Waals surface area contributed by atoms with Crippen molar-refractivity contribution in [1.82, 2.24) is 0 Å². The highest BCUT2D eigenvalue weighted by molar-refractivity contribution is 6.32. The van der Waals surface area contributed by atoms with Crippen LogP contribution in [0.1, 0.15) is 33.4 Å². The van der Waals surface area contributed by atoms with E-state index in [1.54, 1.807) is 12.1 Å². The highest BCUT2D eigenvalue weighted by atomic mass is 16.3. The Bertz CT molecular complexity index is 1810. The molecule has 43 heavy (non-hydrogen) atoms. The molecule has 206 valence electrons. The van der Waals surface area contributed by atoms with Gasteiger partial charge in [0.2, 0.25) is 0 Å². The molecule has 2 N–H and O–H groups in total. The highest BCUT2D eigenvalue weighted by Crippen LogP contribution is 2.65. The Hall–Kier alpha value is -5.60. The molecule has 6 aromatic carbocycles. The molecule has 6 aromatic rings. The average molecular weight is 555 g/mol. The quantitative estimate of drug-likeness (QED) is 0.215. The minimum absolute atomic E-state index is 0.186. The van der Waals surface area contributed by atoms with E-state index in [4.69, 9.17) is 0 Å². The van der Waals surface area contributed by atoms with Crippen molar-refractivity contribution in [3.8, 4) is 11.5 Å². The minimum atomic E-state index is -0.906. The van der Waals surface area contributed by atoms with Gasteiger partial charge in [-0.3, -0.25) is 0 Å². The van der Waals surface area contributed by atoms with Crippen LogP contribution >= 0.6 is 0 Å². The van der Waals surface area contributed by atoms with E-state index in [1.165, 1.54) is 0 Å². The van der Waals surface area contributed by atoms with Crippen LogP contribution in [0.25, 0.3) is 22.3 Å². The number of hydrogen-bond acceptors (Lipinski definition) is 2. The van der Waals surface area contributed by atoms with Crippen LogP contribution in [0.4, 0.5) is 0 Å². The summed E-state index contributed by atoms with van der Waals surface area (Å²) in [5.41, 5.74) is 9.64. The summed E-state index contributed by atoms with van der Waals surface area (Å²) in [7, 11) is 0. The first-order chi connectivity index (χ1) is 21.2. The van der Waals surface area contributed by atoms with Gasteiger partial charge in [-0.25, -0.2) is 0 Å². The maximum Gasteiger partial charge on any atom is 0.115 e. The van der Waals surface area contributed by atoms with Crippen molar-refractivity contribution >= 4 is 22.3 Å². The Morgan fingerprint density at radius 3 is 0.977 bits per heavy atom. The molecular weight excluding hydrogens is 524 g/mol. The zero-order chi connectivity index (χ0) is 29.2. The van der Waals surface area contributed by atoms with Crippen LogP contribution in [-0.2, 0) is 5.41 Å². The van der Waals surface area contributed by atoms with Crippen LogP contribution in [0.3, 0.4) is 0 Å². The largest absolute Gasteiger partial charge is 0.508 e. The lowest BCUT2D eigenvalue weighted by Gasteiger charge is -2.38. The Kier molecular flexibility index (Phi) is 6.73. The van der Waals surface area contributed by atoms with Gasteiger partial charge < -0.3 is 10.2 Å². The molecule has 0 heterocycles. The molecule has 2 nitrogen and oxygen atoms in total. The number of aromatic hydroxyl groups is 2. The number of phenols is 2. The van der Waals surface area contributed by atoms with Gasteiger partial charge in [0.1, 0.15) is 11.5 Å². The summed E-state index contributed by atoms with van der Waals surface area (Å²) in [6, 6.07) is 57.3. The van der Waals surface area contributed by atoms with E-state index in [2.05, 4.69) is 109 Å². The summed E-state index contributed by atoms with van der Waals surface area (Å²) in [4.78, 5) is 0. The lowest BCUT2D eigenvalue weighted by atomic mass is 9.63. The number of rotatable bonds is 6. The first-order valence-electron chi connectivity index (χ1n) is 14.5. The first-order valence-corrected chi connectivity index (χ1v) is 14.5. The SMILES string of the molecule is Oc1cccc(C2(c3cccc(O)c3)C(c3ccccc3)=C(c3ccccc3)C(c3ccccc3)=C2c2ccccc2)c1. The van der Waals surface area contributed by atoms with Crippen LogP contribution in [-0.4, -0.2) is 10.2 Å². The molecule has 0 fully saturated rings. The molecule has 1 aliphatic rings. The minimum Gasteiger partial charge on any atom is -0.508 e. The molecule has 2 heteroatoms. The summed E-state index contributed by atoms with van der Waals surface area (Å²) in [6.45, 7) is 0. The standard InChI is InChI=1S/C41H30O2/c42-35-25-13-23-33(27-35)41(34-24-14-26-36(43)28-34)39(31-19-9-3-10-20-31)37(29-15-5-1-6-16-29)38(30-17-7-2-8-18-30)40(41)32-21-11-4-12-22-32/h1-28,42-43H. The summed E-state index contributed by atoms with van der Waals surface area (Å²) < 4.78 is 0. The molecule has 0 bridgehead atoms. The molecular formula is C41H30O2. The van der Waals surface area contributed by atoms with Crippen LogP contribution in [0.15, 0.2) is 170 Å². The summed E-state index contributed by atoms with van der Waals surface area (Å²) in [5.74, 6) is 0.373. The van der Waals surface area contributed by atoms with Gasteiger partial charge in [-0.15, -0.1) is 0 Å². The second-order valence-corrected chi connectivity index (χ2v) is 10.8. The van der Waals surface area contributed by atoms with Crippen molar-refractivity contribution in [2.45, 2.75) is 5.41 Å². The molecule has 0 unspecified atom stereocenters. The summed E-state index contributed by atoms with van der Waals surface area (Å²) in [5, 5.41) is 22.0. The van der Waals surface area contributed by atoms with E-state index < -0.39 is 5.41 Å². The van der Waals surface area contributed by atoms with Crippen LogP contribution in [0.5, 0.6) is 11.5 Å². The smallest absolute Gasteiger partial charge is 0.115 e. The van der Waals surface area contributed by atoms with Crippen molar-refractivity contribution < 1.29 is 10.2 Å². The van der Waals surface area contributed by atoms with Crippen molar-refractivity contribution in [3.63, 3.8) is 0 Å². The second kappa shape index (κ2) is 11.0. The molecule has 0 saturated heterocycles. The zero-order valence-electron chi connectivity index (χ0n) is 23.6. The summed E-state index contributed by atoms with van der Waals surface area (Å²) in [6.07, 6.45) is 0. The number of benzene rings is 6. The normalized spacial score (nSPS) is 14.2. The van der Waals surface area contributed by atoms with Crippen molar-refractivity contribution in [2.24, 2.45) is 0 Å². The van der Waals surface area contributed by atoms with Gasteiger partial charge >= 0.3 is 0 Å².